The van der Waals surface area contributed by atoms with E-state index in [2.05, 4.69) is 76.3 Å². The van der Waals surface area contributed by atoms with Gasteiger partial charge in [0, 0.05) is 0 Å². The van der Waals surface area contributed by atoms with Crippen LogP contribution in [-0.4, -0.2) is 8.32 Å². The zero-order chi connectivity index (χ0) is 14.8. The molecule has 0 radical (unpaired) electrons. The van der Waals surface area contributed by atoms with Crippen molar-refractivity contribution in [1.29, 1.82) is 0 Å². The van der Waals surface area contributed by atoms with Crippen LogP contribution in [0.1, 0.15) is 20.8 Å². The summed E-state index contributed by atoms with van der Waals surface area (Å²) in [6, 6.07) is 19.5. The Hall–Kier alpha value is -0.946. The summed E-state index contributed by atoms with van der Waals surface area (Å²) in [4.78, 5) is 0. The predicted molar refractivity (Wildman–Crippen MR) is 88.5 cm³/mol. The molecule has 0 bridgehead atoms. The fourth-order valence-electron chi connectivity index (χ4n) is 1.74. The molecule has 0 unspecified atom stereocenters. The number of benzene rings is 2. The Kier molecular flexibility index (Phi) is 5.93. The third-order valence-corrected chi connectivity index (χ3v) is 8.44. The van der Waals surface area contributed by atoms with Gasteiger partial charge in [-0.05, 0) is 35.8 Å². The van der Waals surface area contributed by atoms with E-state index in [4.69, 9.17) is 4.43 Å². The van der Waals surface area contributed by atoms with Gasteiger partial charge in [0.2, 0.25) is 8.32 Å². The third kappa shape index (κ3) is 4.51. The van der Waals surface area contributed by atoms with Crippen LogP contribution in [0.2, 0.25) is 18.1 Å². The van der Waals surface area contributed by atoms with E-state index < -0.39 is 8.32 Å². The van der Waals surface area contributed by atoms with Gasteiger partial charge >= 0.3 is 18.9 Å². The summed E-state index contributed by atoms with van der Waals surface area (Å²) in [5, 5.41) is 0.223. The molecule has 2 aromatic carbocycles. The van der Waals surface area contributed by atoms with Crippen LogP contribution in [0, 0.1) is 6.07 Å². The van der Waals surface area contributed by atoms with Crippen molar-refractivity contribution in [2.75, 3.05) is 0 Å². The van der Waals surface area contributed by atoms with Gasteiger partial charge in [0.1, 0.15) is 5.75 Å². The first-order valence-corrected chi connectivity index (χ1v) is 9.96. The summed E-state index contributed by atoms with van der Waals surface area (Å²) in [6.45, 7) is 11.3. The maximum Gasteiger partial charge on any atom is 1.00 e. The van der Waals surface area contributed by atoms with Gasteiger partial charge in [-0.3, -0.25) is 0 Å². The van der Waals surface area contributed by atoms with Gasteiger partial charge in [-0.25, -0.2) is 0 Å². The molecule has 0 aliphatic rings. The first kappa shape index (κ1) is 18.1. The molecule has 0 heterocycles. The van der Waals surface area contributed by atoms with Crippen molar-refractivity contribution >= 4 is 8.32 Å². The summed E-state index contributed by atoms with van der Waals surface area (Å²) in [7, 11) is -1.75. The van der Waals surface area contributed by atoms with Gasteiger partial charge in [0.15, 0.2) is 0 Å². The Morgan fingerprint density at radius 3 is 1.81 bits per heavy atom. The topological polar surface area (TPSA) is 9.23 Å². The molecule has 1 nitrogen and oxygen atoms in total. The van der Waals surface area contributed by atoms with Crippen LogP contribution in [0.25, 0.3) is 11.1 Å². The quantitative estimate of drug-likeness (QED) is 0.623. The van der Waals surface area contributed by atoms with Crippen molar-refractivity contribution in [1.82, 2.24) is 0 Å². The largest absolute Gasteiger partial charge is 1.00 e. The van der Waals surface area contributed by atoms with Crippen LogP contribution < -0.4 is 23.3 Å². The Morgan fingerprint density at radius 1 is 0.857 bits per heavy atom. The van der Waals surface area contributed by atoms with E-state index in [9.17, 15) is 0 Å². The Balaban J connectivity index is 0.00000220. The van der Waals surface area contributed by atoms with Crippen LogP contribution in [0.15, 0.2) is 48.5 Å². The summed E-state index contributed by atoms with van der Waals surface area (Å²) in [5.41, 5.74) is 2.42. The van der Waals surface area contributed by atoms with Gasteiger partial charge in [-0.1, -0.05) is 32.9 Å². The van der Waals surface area contributed by atoms with E-state index in [0.717, 1.165) is 5.75 Å². The number of hydrogen-bond acceptors (Lipinski definition) is 1. The molecule has 3 heteroatoms. The van der Waals surface area contributed by atoms with Gasteiger partial charge in [0.05, 0.1) is 0 Å². The van der Waals surface area contributed by atoms with Gasteiger partial charge in [-0.15, -0.1) is 5.56 Å². The van der Waals surface area contributed by atoms with Crippen molar-refractivity contribution in [3.05, 3.63) is 54.6 Å². The monoisotopic (exact) mass is 290 g/mol. The first-order valence-electron chi connectivity index (χ1n) is 7.05. The van der Waals surface area contributed by atoms with Crippen LogP contribution in [0.5, 0.6) is 5.75 Å². The summed E-state index contributed by atoms with van der Waals surface area (Å²) < 4.78 is 6.29. The molecular weight excluding hydrogens is 267 g/mol. The molecule has 0 spiro atoms. The SMILES string of the molecule is CC(C)(C)[Si](C)(C)Oc1ccc(-c2cc[c-]cc2)cc1.[Li+]. The fraction of sp³-hybridized carbons (Fsp3) is 0.333. The van der Waals surface area contributed by atoms with Crippen molar-refractivity contribution in [3.8, 4) is 16.9 Å². The summed E-state index contributed by atoms with van der Waals surface area (Å²) in [6.07, 6.45) is 0. The van der Waals surface area contributed by atoms with E-state index in [1.807, 2.05) is 12.1 Å². The average Bonchev–Trinajstić information content (AvgIpc) is 2.39. The number of rotatable bonds is 3. The molecule has 0 saturated carbocycles. The standard InChI is InChI=1S/C18H23OSi.Li/c1-18(2,3)20(4,5)19-17-13-11-16(12-14-17)15-9-7-6-8-10-15;/h7-14H,1-5H3;/q-1;+1. The maximum atomic E-state index is 6.29. The molecule has 2 aromatic rings. The van der Waals surface area contributed by atoms with Crippen molar-refractivity contribution < 1.29 is 23.3 Å². The van der Waals surface area contributed by atoms with Crippen LogP contribution in [0.3, 0.4) is 0 Å². The van der Waals surface area contributed by atoms with Crippen molar-refractivity contribution in [2.45, 2.75) is 38.9 Å². The third-order valence-electron chi connectivity index (χ3n) is 4.09. The molecule has 0 amide bonds. The molecule has 0 aromatic heterocycles. The van der Waals surface area contributed by atoms with E-state index in [-0.39, 0.29) is 23.9 Å². The van der Waals surface area contributed by atoms with Crippen LogP contribution in [-0.2, 0) is 0 Å². The maximum absolute atomic E-state index is 6.29. The molecule has 0 aliphatic carbocycles. The zero-order valence-corrected chi connectivity index (χ0v) is 15.0. The van der Waals surface area contributed by atoms with Crippen molar-refractivity contribution in [2.24, 2.45) is 0 Å². The molecular formula is C18H23LiOSi. The fourth-order valence-corrected chi connectivity index (χ4v) is 2.77. The predicted octanol–water partition coefficient (Wildman–Crippen LogP) is 2.54. The van der Waals surface area contributed by atoms with Gasteiger partial charge in [0.25, 0.3) is 0 Å². The second-order valence-electron chi connectivity index (χ2n) is 6.68. The number of hydrogen-bond donors (Lipinski definition) is 0. The van der Waals surface area contributed by atoms with Gasteiger partial charge < -0.3 is 4.43 Å². The van der Waals surface area contributed by atoms with E-state index in [0.29, 0.717) is 0 Å². The van der Waals surface area contributed by atoms with E-state index >= 15 is 0 Å². The molecule has 21 heavy (non-hydrogen) atoms. The molecule has 0 atom stereocenters. The zero-order valence-electron chi connectivity index (χ0n) is 14.0. The first-order chi connectivity index (χ1) is 9.29. The second-order valence-corrected chi connectivity index (χ2v) is 11.4. The van der Waals surface area contributed by atoms with E-state index in [1.165, 1.54) is 11.1 Å². The Labute approximate surface area is 142 Å². The second kappa shape index (κ2) is 6.88. The Bertz CT molecular complexity index is 556. The normalized spacial score (nSPS) is 11.7. The van der Waals surface area contributed by atoms with Gasteiger partial charge in [-0.2, -0.15) is 30.3 Å². The summed E-state index contributed by atoms with van der Waals surface area (Å²) in [5.74, 6) is 0.975. The minimum Gasteiger partial charge on any atom is -0.544 e. The molecule has 106 valence electrons. The smallest absolute Gasteiger partial charge is 0.544 e. The van der Waals surface area contributed by atoms with Crippen molar-refractivity contribution in [3.63, 3.8) is 0 Å². The average molecular weight is 290 g/mol. The Morgan fingerprint density at radius 2 is 1.33 bits per heavy atom. The minimum absolute atomic E-state index is 0. The molecule has 0 fully saturated rings. The summed E-state index contributed by atoms with van der Waals surface area (Å²) >= 11 is 0. The molecule has 0 N–H and O–H groups in total. The molecule has 0 saturated heterocycles. The minimum atomic E-state index is -1.75. The van der Waals surface area contributed by atoms with Crippen LogP contribution in [0.4, 0.5) is 0 Å². The molecule has 0 aliphatic heterocycles. The van der Waals surface area contributed by atoms with E-state index in [1.54, 1.807) is 0 Å². The molecule has 2 rings (SSSR count). The van der Waals surface area contributed by atoms with Crippen LogP contribution >= 0.6 is 0 Å².